The lowest BCUT2D eigenvalue weighted by molar-refractivity contribution is 0.0693. The summed E-state index contributed by atoms with van der Waals surface area (Å²) in [7, 11) is 1.64. The molecule has 0 radical (unpaired) electrons. The van der Waals surface area contributed by atoms with Crippen LogP contribution in [0.4, 0.5) is 0 Å². The Hall–Kier alpha value is -2.11. The van der Waals surface area contributed by atoms with Gasteiger partial charge in [-0.25, -0.2) is 4.79 Å². The first-order valence-corrected chi connectivity index (χ1v) is 4.28. The van der Waals surface area contributed by atoms with Crippen molar-refractivity contribution in [1.29, 1.82) is 0 Å². The van der Waals surface area contributed by atoms with Crippen molar-refractivity contribution >= 4 is 30.2 Å². The van der Waals surface area contributed by atoms with Gasteiger partial charge in [-0.1, -0.05) is 0 Å². The molecule has 1 aromatic heterocycles. The lowest BCUT2D eigenvalue weighted by Crippen LogP contribution is -2.13. The highest BCUT2D eigenvalue weighted by atomic mass is 16.4. The van der Waals surface area contributed by atoms with Crippen LogP contribution in [0.1, 0.15) is 10.5 Å². The Morgan fingerprint density at radius 3 is 2.47 bits per heavy atom. The van der Waals surface area contributed by atoms with Crippen LogP contribution in [0, 0.1) is 0 Å². The molecule has 2 aromatic rings. The number of carboxylic acid groups (broad SMARTS) is 1. The summed E-state index contributed by atoms with van der Waals surface area (Å²) in [5.74, 6) is -1.61. The summed E-state index contributed by atoms with van der Waals surface area (Å²) in [4.78, 5) is 13.5. The van der Waals surface area contributed by atoms with Crippen LogP contribution >= 0.6 is 0 Å². The maximum absolute atomic E-state index is 10.8. The third kappa shape index (κ3) is 1.30. The van der Waals surface area contributed by atoms with Gasteiger partial charge in [0.1, 0.15) is 13.5 Å². The van der Waals surface area contributed by atoms with Gasteiger partial charge in [-0.3, -0.25) is 0 Å². The molecule has 1 heterocycles. The predicted molar refractivity (Wildman–Crippen MR) is 56.8 cm³/mol. The summed E-state index contributed by atoms with van der Waals surface area (Å²) in [5.41, 5.74) is 1.09. The minimum Gasteiger partial charge on any atom is -0.504 e. The zero-order chi connectivity index (χ0) is 11.2. The molecule has 1 aromatic carbocycles. The number of aromatic carboxylic acids is 1. The number of nitrogens with one attached hydrogen (secondary N) is 1. The minimum atomic E-state index is -1.07. The van der Waals surface area contributed by atoms with E-state index in [0.717, 1.165) is 0 Å². The van der Waals surface area contributed by atoms with Crippen LogP contribution in [-0.2, 0) is 0 Å². The van der Waals surface area contributed by atoms with Crippen LogP contribution in [0.2, 0.25) is 0 Å². The van der Waals surface area contributed by atoms with E-state index in [0.29, 0.717) is 16.4 Å². The molecule has 5 nitrogen and oxygen atoms in total. The largest absolute Gasteiger partial charge is 0.504 e. The molecule has 0 aliphatic heterocycles. The first-order valence-electron chi connectivity index (χ1n) is 4.28. The van der Waals surface area contributed by atoms with Gasteiger partial charge in [0.25, 0.3) is 0 Å². The number of phenols is 2. The van der Waals surface area contributed by atoms with Crippen molar-refractivity contribution in [3.63, 3.8) is 0 Å². The first-order chi connectivity index (χ1) is 7.00. The zero-order valence-electron chi connectivity index (χ0n) is 7.90. The Morgan fingerprint density at radius 2 is 1.87 bits per heavy atom. The molecule has 0 saturated heterocycles. The second-order valence-corrected chi connectivity index (χ2v) is 3.32. The van der Waals surface area contributed by atoms with Crippen LogP contribution in [-0.4, -0.2) is 34.1 Å². The Morgan fingerprint density at radius 1 is 1.27 bits per heavy atom. The number of hydrogen-bond donors (Lipinski definition) is 4. The Kier molecular flexibility index (Phi) is 1.86. The monoisotopic (exact) mass is 205 g/mol. The molecule has 0 aliphatic rings. The Balaban J connectivity index is 2.83. The van der Waals surface area contributed by atoms with E-state index < -0.39 is 5.97 Å². The number of aromatic hydroxyl groups is 2. The van der Waals surface area contributed by atoms with Crippen molar-refractivity contribution in [2.75, 3.05) is 0 Å². The van der Waals surface area contributed by atoms with Gasteiger partial charge in [-0.05, 0) is 16.9 Å². The summed E-state index contributed by atoms with van der Waals surface area (Å²) in [5, 5.41) is 28.0. The van der Waals surface area contributed by atoms with Gasteiger partial charge < -0.3 is 20.3 Å². The lowest BCUT2D eigenvalue weighted by atomic mass is 9.92. The SMILES string of the molecule is Bc1c(C(=O)O)[nH]c2cc(O)c(O)cc12. The second kappa shape index (κ2) is 2.95. The predicted octanol–water partition coefficient (Wildman–Crippen LogP) is -0.464. The van der Waals surface area contributed by atoms with Crippen molar-refractivity contribution in [1.82, 2.24) is 4.98 Å². The molecule has 0 atom stereocenters. The molecule has 0 saturated carbocycles. The average molecular weight is 205 g/mol. The van der Waals surface area contributed by atoms with Crippen LogP contribution in [0.25, 0.3) is 10.9 Å². The summed E-state index contributed by atoms with van der Waals surface area (Å²) < 4.78 is 0. The molecule has 15 heavy (non-hydrogen) atoms. The van der Waals surface area contributed by atoms with E-state index in [4.69, 9.17) is 5.11 Å². The van der Waals surface area contributed by atoms with Crippen LogP contribution in [0.3, 0.4) is 0 Å². The number of benzene rings is 1. The number of aromatic amines is 1. The summed E-state index contributed by atoms with van der Waals surface area (Å²) >= 11 is 0. The van der Waals surface area contributed by atoms with Gasteiger partial charge in [0.05, 0.1) is 0 Å². The van der Waals surface area contributed by atoms with Crippen molar-refractivity contribution in [3.8, 4) is 11.5 Å². The van der Waals surface area contributed by atoms with Gasteiger partial charge in [-0.2, -0.15) is 0 Å². The summed E-state index contributed by atoms with van der Waals surface area (Å²) in [6, 6.07) is 2.63. The molecule has 0 fully saturated rings. The van der Waals surface area contributed by atoms with Gasteiger partial charge in [-0.15, -0.1) is 0 Å². The molecule has 0 bridgehead atoms. The van der Waals surface area contributed by atoms with Gasteiger partial charge in [0.2, 0.25) is 0 Å². The lowest BCUT2D eigenvalue weighted by Gasteiger charge is -1.97. The fourth-order valence-corrected chi connectivity index (χ4v) is 1.57. The van der Waals surface area contributed by atoms with Gasteiger partial charge in [0.15, 0.2) is 11.5 Å². The van der Waals surface area contributed by atoms with E-state index in [-0.39, 0.29) is 17.2 Å². The highest BCUT2D eigenvalue weighted by Crippen LogP contribution is 2.29. The smallest absolute Gasteiger partial charge is 0.351 e. The van der Waals surface area contributed by atoms with E-state index in [1.54, 1.807) is 7.85 Å². The van der Waals surface area contributed by atoms with Crippen LogP contribution < -0.4 is 5.46 Å². The van der Waals surface area contributed by atoms with E-state index in [1.165, 1.54) is 12.1 Å². The minimum absolute atomic E-state index is 0.0648. The van der Waals surface area contributed by atoms with Crippen molar-refractivity contribution in [2.24, 2.45) is 0 Å². The fraction of sp³-hybridized carbons (Fsp3) is 0. The third-order valence-corrected chi connectivity index (χ3v) is 2.37. The van der Waals surface area contributed by atoms with E-state index in [2.05, 4.69) is 4.98 Å². The number of phenolic OH excluding ortho intramolecular Hbond substituents is 2. The zero-order valence-corrected chi connectivity index (χ0v) is 7.90. The second-order valence-electron chi connectivity index (χ2n) is 3.32. The molecule has 0 spiro atoms. The van der Waals surface area contributed by atoms with Crippen molar-refractivity contribution in [2.45, 2.75) is 0 Å². The molecular weight excluding hydrogens is 197 g/mol. The Labute approximate surface area is 85.4 Å². The van der Waals surface area contributed by atoms with Crippen molar-refractivity contribution in [3.05, 3.63) is 17.8 Å². The third-order valence-electron chi connectivity index (χ3n) is 2.37. The van der Waals surface area contributed by atoms with E-state index in [1.807, 2.05) is 0 Å². The molecule has 6 heteroatoms. The number of carbonyl (C=O) groups is 1. The molecular formula is C9H8BNO4. The summed E-state index contributed by atoms with van der Waals surface area (Å²) in [6.45, 7) is 0. The standard InChI is InChI=1S/C9H8BNO4/c10-7-3-1-5(12)6(13)2-4(3)11-8(7)9(14)15/h1-2,11-13H,10H2,(H,14,15). The fourth-order valence-electron chi connectivity index (χ4n) is 1.57. The molecule has 2 rings (SSSR count). The quantitative estimate of drug-likeness (QED) is 0.374. The molecule has 0 aliphatic carbocycles. The number of aromatic nitrogens is 1. The average Bonchev–Trinajstić information content (AvgIpc) is 2.46. The van der Waals surface area contributed by atoms with Crippen LogP contribution in [0.15, 0.2) is 12.1 Å². The molecule has 0 unspecified atom stereocenters. The van der Waals surface area contributed by atoms with Gasteiger partial charge in [0, 0.05) is 11.6 Å². The molecule has 4 N–H and O–H groups in total. The van der Waals surface area contributed by atoms with E-state index in [9.17, 15) is 15.0 Å². The van der Waals surface area contributed by atoms with E-state index >= 15 is 0 Å². The molecule has 0 amide bonds. The van der Waals surface area contributed by atoms with Crippen molar-refractivity contribution < 1.29 is 20.1 Å². The highest BCUT2D eigenvalue weighted by Gasteiger charge is 2.14. The maximum Gasteiger partial charge on any atom is 0.351 e. The Bertz CT molecular complexity index is 561. The number of H-pyrrole nitrogens is 1. The topological polar surface area (TPSA) is 93.5 Å². The number of fused-ring (bicyclic) bond motifs is 1. The normalized spacial score (nSPS) is 10.7. The molecule has 76 valence electrons. The van der Waals surface area contributed by atoms with Gasteiger partial charge >= 0.3 is 5.97 Å². The number of rotatable bonds is 1. The first kappa shape index (κ1) is 9.45. The number of hydrogen-bond acceptors (Lipinski definition) is 3. The highest BCUT2D eigenvalue weighted by molar-refractivity contribution is 6.42. The maximum atomic E-state index is 10.8. The summed E-state index contributed by atoms with van der Waals surface area (Å²) in [6.07, 6.45) is 0. The van der Waals surface area contributed by atoms with Crippen LogP contribution in [0.5, 0.6) is 11.5 Å². The number of carboxylic acids is 1.